The van der Waals surface area contributed by atoms with Gasteiger partial charge in [-0.25, -0.2) is 14.8 Å². The van der Waals surface area contributed by atoms with Gasteiger partial charge in [-0.1, -0.05) is 64.5 Å². The van der Waals surface area contributed by atoms with Gasteiger partial charge < -0.3 is 14.2 Å². The number of nitrogens with zero attached hydrogens (tertiary/aromatic N) is 2. The first-order valence-electron chi connectivity index (χ1n) is 11.1. The Balaban J connectivity index is 1.42. The lowest BCUT2D eigenvalue weighted by atomic mass is 10.1. The van der Waals surface area contributed by atoms with Crippen molar-refractivity contribution in [2.45, 2.75) is 84.0 Å². The lowest BCUT2D eigenvalue weighted by Crippen LogP contribution is -2.14. The predicted octanol–water partition coefficient (Wildman–Crippen LogP) is 6.09. The largest absolute Gasteiger partial charge is 0.516 e. The van der Waals surface area contributed by atoms with Crippen LogP contribution in [0.1, 0.15) is 71.0 Å². The summed E-state index contributed by atoms with van der Waals surface area (Å²) < 4.78 is 15.6. The van der Waals surface area contributed by atoms with Crippen molar-refractivity contribution < 1.29 is 19.0 Å². The fourth-order valence-corrected chi connectivity index (χ4v) is 3.35. The highest BCUT2D eigenvalue weighted by Gasteiger charge is 2.42. The Morgan fingerprint density at radius 2 is 1.63 bits per heavy atom. The zero-order chi connectivity index (χ0) is 21.2. The van der Waals surface area contributed by atoms with Crippen LogP contribution < -0.4 is 4.74 Å². The number of ether oxygens (including phenoxy) is 3. The molecule has 0 N–H and O–H groups in total. The van der Waals surface area contributed by atoms with Crippen LogP contribution in [0.4, 0.5) is 4.79 Å². The maximum absolute atomic E-state index is 11.8. The molecule has 2 aromatic rings. The van der Waals surface area contributed by atoms with Crippen molar-refractivity contribution >= 4 is 6.16 Å². The molecule has 2 atom stereocenters. The summed E-state index contributed by atoms with van der Waals surface area (Å²) >= 11 is 0. The summed E-state index contributed by atoms with van der Waals surface area (Å²) in [6.07, 6.45) is 12.9. The molecule has 0 unspecified atom stereocenters. The van der Waals surface area contributed by atoms with E-state index in [4.69, 9.17) is 14.2 Å². The molecule has 0 amide bonds. The maximum Gasteiger partial charge on any atom is 0.516 e. The molecule has 0 radical (unpaired) electrons. The molecular formula is C24H32N2O4. The van der Waals surface area contributed by atoms with Gasteiger partial charge in [-0.3, -0.25) is 0 Å². The van der Waals surface area contributed by atoms with Crippen LogP contribution >= 0.6 is 0 Å². The Bertz CT molecular complexity index is 777. The molecule has 2 heterocycles. The van der Waals surface area contributed by atoms with Crippen LogP contribution in [0.2, 0.25) is 0 Å². The van der Waals surface area contributed by atoms with Gasteiger partial charge in [0, 0.05) is 24.4 Å². The van der Waals surface area contributed by atoms with Crippen LogP contribution in [0, 0.1) is 0 Å². The maximum atomic E-state index is 11.8. The van der Waals surface area contributed by atoms with Crippen LogP contribution in [-0.4, -0.2) is 28.5 Å². The fourth-order valence-electron chi connectivity index (χ4n) is 3.35. The molecule has 0 aliphatic carbocycles. The molecule has 1 aliphatic heterocycles. The Labute approximate surface area is 179 Å². The number of hydrogen-bond acceptors (Lipinski definition) is 6. The van der Waals surface area contributed by atoms with E-state index in [1.54, 1.807) is 12.1 Å². The Morgan fingerprint density at radius 3 is 2.33 bits per heavy atom. The third-order valence-electron chi connectivity index (χ3n) is 5.17. The van der Waals surface area contributed by atoms with E-state index in [0.717, 1.165) is 42.6 Å². The van der Waals surface area contributed by atoms with E-state index >= 15 is 0 Å². The van der Waals surface area contributed by atoms with Gasteiger partial charge in [-0.15, -0.1) is 0 Å². The van der Waals surface area contributed by atoms with Crippen LogP contribution in [0.3, 0.4) is 0 Å². The summed E-state index contributed by atoms with van der Waals surface area (Å²) in [5.74, 6) is 1.32. The summed E-state index contributed by atoms with van der Waals surface area (Å²) in [5.41, 5.74) is 1.90. The molecule has 6 nitrogen and oxygen atoms in total. The van der Waals surface area contributed by atoms with Crippen molar-refractivity contribution in [3.05, 3.63) is 42.5 Å². The first-order valence-corrected chi connectivity index (χ1v) is 11.1. The Hall–Kier alpha value is -2.47. The quantitative estimate of drug-likeness (QED) is 0.182. The molecule has 3 rings (SSSR count). The Morgan fingerprint density at radius 1 is 0.933 bits per heavy atom. The minimum atomic E-state index is -0.742. The highest BCUT2D eigenvalue weighted by Crippen LogP contribution is 2.28. The van der Waals surface area contributed by atoms with Crippen molar-refractivity contribution in [3.63, 3.8) is 0 Å². The van der Waals surface area contributed by atoms with Crippen molar-refractivity contribution in [3.8, 4) is 16.9 Å². The molecule has 1 aliphatic rings. The van der Waals surface area contributed by atoms with Gasteiger partial charge in [-0.05, 0) is 30.5 Å². The second-order valence-corrected chi connectivity index (χ2v) is 7.73. The van der Waals surface area contributed by atoms with E-state index in [-0.39, 0.29) is 6.10 Å². The standard InChI is InChI=1S/C24H32N2O4/c1-3-5-6-7-8-9-11-22-25-16-19(17-26-22)18-12-14-20(15-13-18)28-24(27)30-23-21(29-23)10-4-2/h12-17,21,23H,3-11H2,1-2H3/t21-,23-/m1/s1. The van der Waals surface area contributed by atoms with Gasteiger partial charge in [0.15, 0.2) is 0 Å². The molecule has 1 fully saturated rings. The van der Waals surface area contributed by atoms with E-state index in [9.17, 15) is 4.79 Å². The molecule has 0 bridgehead atoms. The molecule has 0 spiro atoms. The number of hydrogen-bond donors (Lipinski definition) is 0. The van der Waals surface area contributed by atoms with Gasteiger partial charge in [-0.2, -0.15) is 0 Å². The van der Waals surface area contributed by atoms with Crippen LogP contribution in [0.15, 0.2) is 36.7 Å². The average molecular weight is 413 g/mol. The molecule has 30 heavy (non-hydrogen) atoms. The molecule has 6 heteroatoms. The number of aromatic nitrogens is 2. The molecule has 1 aromatic carbocycles. The van der Waals surface area contributed by atoms with Gasteiger partial charge in [0.25, 0.3) is 0 Å². The van der Waals surface area contributed by atoms with Gasteiger partial charge in [0.1, 0.15) is 17.7 Å². The number of aryl methyl sites for hydroxylation is 1. The number of benzene rings is 1. The van der Waals surface area contributed by atoms with Crippen molar-refractivity contribution in [2.24, 2.45) is 0 Å². The van der Waals surface area contributed by atoms with Crippen molar-refractivity contribution in [1.82, 2.24) is 9.97 Å². The SMILES string of the molecule is CCCCCCCCc1ncc(-c2ccc(OC(=O)O[C@H]3O[C@@H]3CCC)cc2)cn1. The summed E-state index contributed by atoms with van der Waals surface area (Å²) in [4.78, 5) is 20.8. The average Bonchev–Trinajstić information content (AvgIpc) is 3.49. The lowest BCUT2D eigenvalue weighted by molar-refractivity contribution is 0.0562. The normalized spacial score (nSPS) is 17.5. The predicted molar refractivity (Wildman–Crippen MR) is 115 cm³/mol. The van der Waals surface area contributed by atoms with Crippen LogP contribution in [0.5, 0.6) is 5.75 Å². The number of carbonyl (C=O) groups excluding carboxylic acids is 1. The third-order valence-corrected chi connectivity index (χ3v) is 5.17. The molecular weight excluding hydrogens is 380 g/mol. The lowest BCUT2D eigenvalue weighted by Gasteiger charge is -2.06. The topological polar surface area (TPSA) is 73.8 Å². The number of carbonyl (C=O) groups is 1. The van der Waals surface area contributed by atoms with Gasteiger partial charge in [0.05, 0.1) is 0 Å². The first-order chi connectivity index (χ1) is 14.7. The van der Waals surface area contributed by atoms with E-state index in [1.165, 1.54) is 32.1 Å². The van der Waals surface area contributed by atoms with E-state index in [2.05, 4.69) is 23.8 Å². The van der Waals surface area contributed by atoms with Gasteiger partial charge >= 0.3 is 6.16 Å². The second-order valence-electron chi connectivity index (χ2n) is 7.73. The van der Waals surface area contributed by atoms with E-state index in [1.807, 2.05) is 24.5 Å². The number of epoxide rings is 1. The molecule has 1 aromatic heterocycles. The highest BCUT2D eigenvalue weighted by molar-refractivity contribution is 5.66. The zero-order valence-corrected chi connectivity index (χ0v) is 18.0. The summed E-state index contributed by atoms with van der Waals surface area (Å²) in [5, 5.41) is 0. The van der Waals surface area contributed by atoms with Gasteiger partial charge in [0.2, 0.25) is 6.29 Å². The fraction of sp³-hybridized carbons (Fsp3) is 0.542. The summed E-state index contributed by atoms with van der Waals surface area (Å²) in [6, 6.07) is 7.22. The van der Waals surface area contributed by atoms with E-state index < -0.39 is 12.4 Å². The van der Waals surface area contributed by atoms with Crippen molar-refractivity contribution in [2.75, 3.05) is 0 Å². The number of unbranched alkanes of at least 4 members (excludes halogenated alkanes) is 5. The second kappa shape index (κ2) is 11.6. The monoisotopic (exact) mass is 412 g/mol. The van der Waals surface area contributed by atoms with Crippen LogP contribution in [0.25, 0.3) is 11.1 Å². The zero-order valence-electron chi connectivity index (χ0n) is 18.0. The molecule has 162 valence electrons. The highest BCUT2D eigenvalue weighted by atomic mass is 16.8. The molecule has 0 saturated carbocycles. The van der Waals surface area contributed by atoms with Crippen molar-refractivity contribution in [1.29, 1.82) is 0 Å². The molecule has 1 saturated heterocycles. The first kappa shape index (κ1) is 22.2. The van der Waals surface area contributed by atoms with Crippen LogP contribution in [-0.2, 0) is 15.9 Å². The minimum Gasteiger partial charge on any atom is -0.401 e. The van der Waals surface area contributed by atoms with E-state index in [0.29, 0.717) is 5.75 Å². The smallest absolute Gasteiger partial charge is 0.401 e. The number of rotatable bonds is 12. The Kier molecular flexibility index (Phi) is 8.63. The summed E-state index contributed by atoms with van der Waals surface area (Å²) in [7, 11) is 0. The summed E-state index contributed by atoms with van der Waals surface area (Å²) in [6.45, 7) is 4.30. The minimum absolute atomic E-state index is 0.00829. The third kappa shape index (κ3) is 7.10.